The number of halogens is 3. The molecule has 0 atom stereocenters. The number of nitrogens with one attached hydrogen (secondary N) is 1. The molecule has 1 N–H and O–H groups in total. The van der Waals surface area contributed by atoms with Crippen LogP contribution in [0, 0.1) is 17.5 Å². The molecule has 3 aromatic rings. The fourth-order valence-corrected chi connectivity index (χ4v) is 5.33. The van der Waals surface area contributed by atoms with Crippen LogP contribution in [-0.2, 0) is 21.4 Å². The van der Waals surface area contributed by atoms with Crippen LogP contribution in [0.25, 0.3) is 11.1 Å². The van der Waals surface area contributed by atoms with E-state index >= 15 is 0 Å². The van der Waals surface area contributed by atoms with Gasteiger partial charge in [0.25, 0.3) is 10.0 Å². The van der Waals surface area contributed by atoms with Crippen LogP contribution in [0.2, 0.25) is 0 Å². The fraction of sp³-hybridized carbons (Fsp3) is 0.208. The summed E-state index contributed by atoms with van der Waals surface area (Å²) in [6.07, 6.45) is 1.58. The van der Waals surface area contributed by atoms with Crippen LogP contribution in [0.5, 0.6) is 5.75 Å². The van der Waals surface area contributed by atoms with Crippen LogP contribution in [0.4, 0.5) is 18.9 Å². The van der Waals surface area contributed by atoms with Gasteiger partial charge in [0.2, 0.25) is 0 Å². The van der Waals surface area contributed by atoms with E-state index in [4.69, 9.17) is 9.47 Å². The van der Waals surface area contributed by atoms with E-state index in [1.54, 1.807) is 0 Å². The number of fused-ring (bicyclic) bond motifs is 6. The molecule has 1 saturated carbocycles. The lowest BCUT2D eigenvalue weighted by Gasteiger charge is -2.17. The molecule has 0 aromatic heterocycles. The van der Waals surface area contributed by atoms with E-state index < -0.39 is 39.1 Å². The average molecular weight is 489 g/mol. The molecule has 0 saturated heterocycles. The quantitative estimate of drug-likeness (QED) is 0.505. The Morgan fingerprint density at radius 2 is 1.76 bits per heavy atom. The van der Waals surface area contributed by atoms with Crippen molar-refractivity contribution in [3.05, 3.63) is 76.6 Å². The lowest BCUT2D eigenvalue weighted by molar-refractivity contribution is 0.0473. The number of esters is 1. The summed E-state index contributed by atoms with van der Waals surface area (Å²) in [6.45, 7) is -0.346. The summed E-state index contributed by atoms with van der Waals surface area (Å²) in [5, 5.41) is 0. The standard InChI is InChI=1S/C24H18F3NO5S/c1-32-23-17(12-2-3-12)6-14-7-22(23)34(30,31)28-21-9-18(19(26)10-20(21)27)16-8-15(25)5-4-13(16)11-33-24(14)29/h4-10,12,28H,2-3,11H2,1H3. The molecule has 0 amide bonds. The Bertz CT molecular complexity index is 1450. The average Bonchev–Trinajstić information content (AvgIpc) is 3.63. The van der Waals surface area contributed by atoms with Gasteiger partial charge in [0.15, 0.2) is 0 Å². The van der Waals surface area contributed by atoms with Gasteiger partial charge in [-0.15, -0.1) is 0 Å². The Morgan fingerprint density at radius 1 is 1.00 bits per heavy atom. The van der Waals surface area contributed by atoms with Crippen molar-refractivity contribution in [2.24, 2.45) is 0 Å². The first kappa shape index (κ1) is 22.3. The van der Waals surface area contributed by atoms with Crippen molar-refractivity contribution >= 4 is 21.7 Å². The molecule has 10 heteroatoms. The molecule has 6 nitrogen and oxygen atoms in total. The highest BCUT2D eigenvalue weighted by Gasteiger charge is 2.34. The Labute approximate surface area is 193 Å². The zero-order chi connectivity index (χ0) is 24.2. The van der Waals surface area contributed by atoms with Gasteiger partial charge in [-0.05, 0) is 65.8 Å². The smallest absolute Gasteiger partial charge is 0.338 e. The van der Waals surface area contributed by atoms with E-state index in [0.29, 0.717) is 11.6 Å². The number of carbonyl (C=O) groups is 1. The number of anilines is 1. The minimum atomic E-state index is -4.49. The van der Waals surface area contributed by atoms with Crippen molar-refractivity contribution in [3.8, 4) is 16.9 Å². The van der Waals surface area contributed by atoms with Gasteiger partial charge < -0.3 is 9.47 Å². The zero-order valence-corrected chi connectivity index (χ0v) is 18.6. The van der Waals surface area contributed by atoms with Gasteiger partial charge in [0.1, 0.15) is 34.7 Å². The van der Waals surface area contributed by atoms with Crippen molar-refractivity contribution in [3.63, 3.8) is 0 Å². The molecule has 0 unspecified atom stereocenters. The Morgan fingerprint density at radius 3 is 2.47 bits per heavy atom. The van der Waals surface area contributed by atoms with Crippen molar-refractivity contribution in [2.75, 3.05) is 11.8 Å². The van der Waals surface area contributed by atoms with Crippen LogP contribution in [-0.4, -0.2) is 21.5 Å². The van der Waals surface area contributed by atoms with Crippen molar-refractivity contribution < 1.29 is 35.9 Å². The van der Waals surface area contributed by atoms with Crippen LogP contribution in [0.1, 0.15) is 40.2 Å². The summed E-state index contributed by atoms with van der Waals surface area (Å²) in [6, 6.07) is 7.51. The highest BCUT2D eigenvalue weighted by molar-refractivity contribution is 7.92. The number of methoxy groups -OCH3 is 1. The van der Waals surface area contributed by atoms with Crippen LogP contribution >= 0.6 is 0 Å². The first-order valence-corrected chi connectivity index (χ1v) is 11.9. The number of ether oxygens (including phenoxy) is 2. The molecule has 176 valence electrons. The third-order valence-corrected chi connectivity index (χ3v) is 7.22. The summed E-state index contributed by atoms with van der Waals surface area (Å²) < 4.78 is 83.0. The molecule has 1 aliphatic heterocycles. The third kappa shape index (κ3) is 3.87. The number of benzene rings is 3. The summed E-state index contributed by atoms with van der Waals surface area (Å²) in [4.78, 5) is 12.5. The number of hydrogen-bond donors (Lipinski definition) is 1. The van der Waals surface area contributed by atoms with E-state index in [2.05, 4.69) is 4.72 Å². The highest BCUT2D eigenvalue weighted by atomic mass is 32.2. The third-order valence-electron chi connectivity index (χ3n) is 5.85. The van der Waals surface area contributed by atoms with E-state index in [-0.39, 0.29) is 45.4 Å². The molecule has 3 aromatic carbocycles. The van der Waals surface area contributed by atoms with Gasteiger partial charge in [-0.25, -0.2) is 26.4 Å². The molecule has 34 heavy (non-hydrogen) atoms. The molecular formula is C24H18F3NO5S. The number of rotatable bonds is 2. The lowest BCUT2D eigenvalue weighted by atomic mass is 9.98. The van der Waals surface area contributed by atoms with Crippen molar-refractivity contribution in [1.29, 1.82) is 0 Å². The molecule has 1 heterocycles. The van der Waals surface area contributed by atoms with Crippen LogP contribution < -0.4 is 9.46 Å². The summed E-state index contributed by atoms with van der Waals surface area (Å²) in [7, 11) is -3.19. The lowest BCUT2D eigenvalue weighted by Crippen LogP contribution is -2.17. The SMILES string of the molecule is COc1c(C2CC2)cc2cc1S(=O)(=O)Nc1cc(c(F)cc1F)-c1cc(F)ccc1COC2=O. The minimum absolute atomic E-state index is 0.00481. The van der Waals surface area contributed by atoms with E-state index in [0.717, 1.165) is 37.1 Å². The predicted molar refractivity (Wildman–Crippen MR) is 117 cm³/mol. The molecule has 5 rings (SSSR count). The second-order valence-corrected chi connectivity index (χ2v) is 9.82. The fourth-order valence-electron chi connectivity index (χ4n) is 4.04. The molecule has 1 aliphatic carbocycles. The molecule has 1 fully saturated rings. The first-order valence-electron chi connectivity index (χ1n) is 10.4. The van der Waals surface area contributed by atoms with Gasteiger partial charge in [0.05, 0.1) is 18.4 Å². The molecular weight excluding hydrogens is 471 g/mol. The summed E-state index contributed by atoms with van der Waals surface area (Å²) in [5.41, 5.74) is -0.0727. The number of sulfonamides is 1. The first-order chi connectivity index (χ1) is 16.2. The molecule has 0 radical (unpaired) electrons. The molecule has 2 aliphatic rings. The molecule has 4 bridgehead atoms. The van der Waals surface area contributed by atoms with Gasteiger partial charge in [0, 0.05) is 11.6 Å². The maximum atomic E-state index is 14.7. The Hall–Kier alpha value is -3.53. The summed E-state index contributed by atoms with van der Waals surface area (Å²) in [5.74, 6) is -3.69. The number of cyclic esters (lactones) is 1. The second kappa shape index (κ2) is 8.05. The zero-order valence-electron chi connectivity index (χ0n) is 17.8. The topological polar surface area (TPSA) is 81.7 Å². The van der Waals surface area contributed by atoms with E-state index in [1.165, 1.54) is 19.2 Å². The number of carbonyl (C=O) groups excluding carboxylic acids is 1. The van der Waals surface area contributed by atoms with Gasteiger partial charge in [-0.2, -0.15) is 0 Å². The monoisotopic (exact) mass is 489 g/mol. The van der Waals surface area contributed by atoms with Gasteiger partial charge >= 0.3 is 5.97 Å². The Kier molecular flexibility index (Phi) is 5.27. The number of hydrogen-bond acceptors (Lipinski definition) is 5. The van der Waals surface area contributed by atoms with Gasteiger partial charge in [-0.3, -0.25) is 4.72 Å². The maximum absolute atomic E-state index is 14.7. The van der Waals surface area contributed by atoms with Gasteiger partial charge in [-0.1, -0.05) is 6.07 Å². The molecule has 0 spiro atoms. The van der Waals surface area contributed by atoms with Crippen LogP contribution in [0.3, 0.4) is 0 Å². The normalized spacial score (nSPS) is 16.8. The van der Waals surface area contributed by atoms with E-state index in [1.807, 2.05) is 0 Å². The summed E-state index contributed by atoms with van der Waals surface area (Å²) >= 11 is 0. The van der Waals surface area contributed by atoms with Crippen molar-refractivity contribution in [1.82, 2.24) is 0 Å². The maximum Gasteiger partial charge on any atom is 0.338 e. The van der Waals surface area contributed by atoms with E-state index in [9.17, 15) is 26.4 Å². The predicted octanol–water partition coefficient (Wildman–Crippen LogP) is 5.13. The van der Waals surface area contributed by atoms with Crippen LogP contribution in [0.15, 0.2) is 47.4 Å². The largest absolute Gasteiger partial charge is 0.495 e. The second-order valence-electron chi connectivity index (χ2n) is 8.17. The Balaban J connectivity index is 1.78. The van der Waals surface area contributed by atoms with Crippen molar-refractivity contribution in [2.45, 2.75) is 30.3 Å². The minimum Gasteiger partial charge on any atom is -0.495 e. The highest BCUT2D eigenvalue weighted by Crippen LogP contribution is 2.47.